The molecule has 0 spiro atoms. The fourth-order valence-corrected chi connectivity index (χ4v) is 1.58. The van der Waals surface area contributed by atoms with Crippen LogP contribution in [0.3, 0.4) is 0 Å². The molecule has 7 nitrogen and oxygen atoms in total. The molecule has 2 aromatic rings. The van der Waals surface area contributed by atoms with Gasteiger partial charge in [0.15, 0.2) is 0 Å². The van der Waals surface area contributed by atoms with Crippen molar-refractivity contribution in [1.82, 2.24) is 19.7 Å². The minimum Gasteiger partial charge on any atom is -0.358 e. The van der Waals surface area contributed by atoms with Crippen LogP contribution >= 0.6 is 11.3 Å². The lowest BCUT2D eigenvalue weighted by Gasteiger charge is -1.93. The SMILES string of the molecule is Cn1c([N+](=O)[O-])cnc1C=Cc1nncs1. The first-order chi connectivity index (χ1) is 7.68. The van der Waals surface area contributed by atoms with Gasteiger partial charge in [0.25, 0.3) is 0 Å². The van der Waals surface area contributed by atoms with Crippen LogP contribution in [0.5, 0.6) is 0 Å². The summed E-state index contributed by atoms with van der Waals surface area (Å²) in [5, 5.41) is 18.8. The van der Waals surface area contributed by atoms with Crippen LogP contribution in [0.4, 0.5) is 5.82 Å². The van der Waals surface area contributed by atoms with E-state index in [2.05, 4.69) is 15.2 Å². The van der Waals surface area contributed by atoms with E-state index in [-0.39, 0.29) is 5.82 Å². The molecule has 2 heterocycles. The Kier molecular flexibility index (Phi) is 2.73. The van der Waals surface area contributed by atoms with E-state index < -0.39 is 4.92 Å². The zero-order valence-corrected chi connectivity index (χ0v) is 9.09. The lowest BCUT2D eigenvalue weighted by atomic mass is 10.5. The van der Waals surface area contributed by atoms with Crippen LogP contribution in [0.2, 0.25) is 0 Å². The van der Waals surface area contributed by atoms with Crippen molar-refractivity contribution < 1.29 is 4.92 Å². The largest absolute Gasteiger partial charge is 0.358 e. The van der Waals surface area contributed by atoms with Gasteiger partial charge in [0.05, 0.1) is 7.05 Å². The highest BCUT2D eigenvalue weighted by molar-refractivity contribution is 7.10. The van der Waals surface area contributed by atoms with E-state index in [1.807, 2.05) is 0 Å². The molecule has 0 aliphatic heterocycles. The molecular formula is C8H7N5O2S. The molecule has 0 saturated heterocycles. The molecule has 0 amide bonds. The number of aromatic nitrogens is 4. The molecule has 0 unspecified atom stereocenters. The highest BCUT2D eigenvalue weighted by Crippen LogP contribution is 2.14. The van der Waals surface area contributed by atoms with E-state index in [4.69, 9.17) is 0 Å². The Morgan fingerprint density at radius 1 is 1.56 bits per heavy atom. The molecule has 0 aliphatic rings. The fraction of sp³-hybridized carbons (Fsp3) is 0.125. The Labute approximate surface area is 94.2 Å². The van der Waals surface area contributed by atoms with Crippen molar-refractivity contribution in [3.05, 3.63) is 32.7 Å². The van der Waals surface area contributed by atoms with E-state index in [0.717, 1.165) is 5.01 Å². The summed E-state index contributed by atoms with van der Waals surface area (Å²) in [6.45, 7) is 0. The molecule has 2 aromatic heterocycles. The molecule has 0 N–H and O–H groups in total. The molecule has 16 heavy (non-hydrogen) atoms. The van der Waals surface area contributed by atoms with E-state index in [9.17, 15) is 10.1 Å². The average Bonchev–Trinajstić information content (AvgIpc) is 2.84. The van der Waals surface area contributed by atoms with Gasteiger partial charge < -0.3 is 10.1 Å². The second-order valence-electron chi connectivity index (χ2n) is 2.90. The summed E-state index contributed by atoms with van der Waals surface area (Å²) < 4.78 is 1.40. The van der Waals surface area contributed by atoms with E-state index >= 15 is 0 Å². The summed E-state index contributed by atoms with van der Waals surface area (Å²) >= 11 is 1.38. The highest BCUT2D eigenvalue weighted by Gasteiger charge is 2.13. The third-order valence-corrected chi connectivity index (χ3v) is 2.60. The summed E-state index contributed by atoms with van der Waals surface area (Å²) in [6, 6.07) is 0. The van der Waals surface area contributed by atoms with Crippen LogP contribution in [0.15, 0.2) is 11.7 Å². The minimum absolute atomic E-state index is 0.0445. The summed E-state index contributed by atoms with van der Waals surface area (Å²) in [4.78, 5) is 14.0. The normalized spacial score (nSPS) is 11.1. The Hall–Kier alpha value is -2.09. The zero-order chi connectivity index (χ0) is 11.5. The zero-order valence-electron chi connectivity index (χ0n) is 8.27. The molecule has 0 radical (unpaired) electrons. The van der Waals surface area contributed by atoms with Gasteiger partial charge in [-0.2, -0.15) is 0 Å². The molecule has 2 rings (SSSR count). The smallest absolute Gasteiger partial charge is 0.342 e. The molecule has 0 atom stereocenters. The van der Waals surface area contributed by atoms with Crippen LogP contribution in [-0.2, 0) is 7.05 Å². The highest BCUT2D eigenvalue weighted by atomic mass is 32.1. The summed E-state index contributed by atoms with van der Waals surface area (Å²) in [6.07, 6.45) is 4.59. The molecule has 0 bridgehead atoms. The van der Waals surface area contributed by atoms with Crippen LogP contribution in [0.1, 0.15) is 10.8 Å². The molecular weight excluding hydrogens is 230 g/mol. The molecule has 0 aromatic carbocycles. The van der Waals surface area contributed by atoms with Gasteiger partial charge in [0, 0.05) is 6.08 Å². The number of rotatable bonds is 3. The van der Waals surface area contributed by atoms with Gasteiger partial charge in [-0.1, -0.05) is 0 Å². The van der Waals surface area contributed by atoms with E-state index in [1.54, 1.807) is 24.7 Å². The number of hydrogen-bond acceptors (Lipinski definition) is 6. The van der Waals surface area contributed by atoms with Crippen LogP contribution < -0.4 is 0 Å². The lowest BCUT2D eigenvalue weighted by molar-refractivity contribution is -0.391. The first kappa shape index (κ1) is 10.4. The minimum atomic E-state index is -0.477. The maximum atomic E-state index is 10.6. The van der Waals surface area contributed by atoms with E-state index in [1.165, 1.54) is 22.1 Å². The quantitative estimate of drug-likeness (QED) is 0.594. The second kappa shape index (κ2) is 4.19. The summed E-state index contributed by atoms with van der Waals surface area (Å²) in [5.74, 6) is 0.457. The van der Waals surface area contributed by atoms with Gasteiger partial charge in [-0.05, 0) is 11.0 Å². The Balaban J connectivity index is 2.26. The van der Waals surface area contributed by atoms with Gasteiger partial charge in [0.1, 0.15) is 16.7 Å². The van der Waals surface area contributed by atoms with Crippen molar-refractivity contribution in [3.63, 3.8) is 0 Å². The van der Waals surface area contributed by atoms with Gasteiger partial charge in [-0.15, -0.1) is 21.5 Å². The third kappa shape index (κ3) is 1.96. The molecule has 0 aliphatic carbocycles. The van der Waals surface area contributed by atoms with Gasteiger partial charge in [-0.3, -0.25) is 0 Å². The summed E-state index contributed by atoms with van der Waals surface area (Å²) in [7, 11) is 1.59. The fourth-order valence-electron chi connectivity index (χ4n) is 1.14. The molecule has 82 valence electrons. The van der Waals surface area contributed by atoms with Crippen molar-refractivity contribution in [2.75, 3.05) is 0 Å². The predicted octanol–water partition coefficient (Wildman–Crippen LogP) is 1.35. The number of hydrogen-bond donors (Lipinski definition) is 0. The number of imidazole rings is 1. The molecule has 0 saturated carbocycles. The first-order valence-electron chi connectivity index (χ1n) is 4.29. The van der Waals surface area contributed by atoms with E-state index in [0.29, 0.717) is 5.82 Å². The maximum Gasteiger partial charge on any atom is 0.342 e. The Morgan fingerprint density at radius 3 is 2.94 bits per heavy atom. The van der Waals surface area contributed by atoms with Crippen molar-refractivity contribution in [1.29, 1.82) is 0 Å². The van der Waals surface area contributed by atoms with Crippen LogP contribution in [0.25, 0.3) is 12.2 Å². The maximum absolute atomic E-state index is 10.6. The van der Waals surface area contributed by atoms with Gasteiger partial charge in [-0.25, -0.2) is 9.55 Å². The third-order valence-electron chi connectivity index (χ3n) is 1.94. The molecule has 8 heteroatoms. The summed E-state index contributed by atoms with van der Waals surface area (Å²) in [5.41, 5.74) is 1.61. The number of nitrogens with zero attached hydrogens (tertiary/aromatic N) is 5. The van der Waals surface area contributed by atoms with Crippen LogP contribution in [-0.4, -0.2) is 24.7 Å². The monoisotopic (exact) mass is 237 g/mol. The Bertz CT molecular complexity index is 531. The van der Waals surface area contributed by atoms with Crippen molar-refractivity contribution in [2.45, 2.75) is 0 Å². The van der Waals surface area contributed by atoms with Crippen molar-refractivity contribution in [2.24, 2.45) is 7.05 Å². The van der Waals surface area contributed by atoms with Crippen molar-refractivity contribution >= 4 is 29.3 Å². The molecule has 0 fully saturated rings. The van der Waals surface area contributed by atoms with Crippen molar-refractivity contribution in [3.8, 4) is 0 Å². The standard InChI is InChI=1S/C8H7N5O2S/c1-12-6(9-4-8(12)13(14)15)2-3-7-11-10-5-16-7/h2-5H,1H3. The van der Waals surface area contributed by atoms with Crippen LogP contribution in [0, 0.1) is 10.1 Å². The second-order valence-corrected chi connectivity index (χ2v) is 3.77. The number of nitro groups is 1. The van der Waals surface area contributed by atoms with Gasteiger partial charge in [0.2, 0.25) is 5.82 Å². The average molecular weight is 237 g/mol. The Morgan fingerprint density at radius 2 is 2.38 bits per heavy atom. The lowest BCUT2D eigenvalue weighted by Crippen LogP contribution is -1.98. The predicted molar refractivity (Wildman–Crippen MR) is 58.7 cm³/mol. The topological polar surface area (TPSA) is 86.7 Å². The first-order valence-corrected chi connectivity index (χ1v) is 5.17. The van der Waals surface area contributed by atoms with Gasteiger partial charge >= 0.3 is 5.82 Å².